The molecule has 0 saturated heterocycles. The molecule has 10 nitrogen and oxygen atoms in total. The number of hydrogen-bond acceptors (Lipinski definition) is 12. The Balaban J connectivity index is 0.000000223. The first kappa shape index (κ1) is 33.9. The molecule has 44 heavy (non-hydrogen) atoms. The van der Waals surface area contributed by atoms with Gasteiger partial charge in [-0.1, -0.05) is 52.5 Å². The van der Waals surface area contributed by atoms with E-state index < -0.39 is 0 Å². The van der Waals surface area contributed by atoms with E-state index in [1.165, 1.54) is 36.9 Å². The number of ether oxygens (including phenoxy) is 3. The van der Waals surface area contributed by atoms with Crippen molar-refractivity contribution in [2.45, 2.75) is 32.2 Å². The second-order valence-corrected chi connectivity index (χ2v) is 13.0. The Morgan fingerprint density at radius 2 is 1.34 bits per heavy atom. The predicted octanol–water partition coefficient (Wildman–Crippen LogP) is 7.83. The Hall–Kier alpha value is -3.00. The van der Waals surface area contributed by atoms with Crippen LogP contribution in [0.5, 0.6) is 5.75 Å². The van der Waals surface area contributed by atoms with E-state index in [1.807, 2.05) is 24.3 Å². The Kier molecular flexibility index (Phi) is 12.2. The van der Waals surface area contributed by atoms with Crippen molar-refractivity contribution in [3.05, 3.63) is 66.4 Å². The van der Waals surface area contributed by atoms with Crippen molar-refractivity contribution in [1.29, 1.82) is 0 Å². The SMILES string of the molecule is COC(=O)CCc1nc(Cl)c2cc(Cl)sc2n1.COC(=O)CCc1nc(NCc2ccc(OC)c(Cl)c2)c2cc(Cl)sc2n1. The second-order valence-electron chi connectivity index (χ2n) is 8.93. The molecule has 0 fully saturated rings. The van der Waals surface area contributed by atoms with Gasteiger partial charge in [0, 0.05) is 19.4 Å². The largest absolute Gasteiger partial charge is 0.495 e. The number of nitrogens with one attached hydrogen (secondary N) is 1. The molecule has 0 aliphatic carbocycles. The highest BCUT2D eigenvalue weighted by atomic mass is 35.5. The number of thiophene rings is 2. The lowest BCUT2D eigenvalue weighted by Crippen LogP contribution is -2.07. The molecule has 4 aromatic heterocycles. The van der Waals surface area contributed by atoms with Crippen LogP contribution in [0.4, 0.5) is 5.82 Å². The van der Waals surface area contributed by atoms with Crippen LogP contribution in [-0.2, 0) is 38.4 Å². The quantitative estimate of drug-likeness (QED) is 0.113. The summed E-state index contributed by atoms with van der Waals surface area (Å²) in [6, 6.07) is 9.14. The second kappa shape index (κ2) is 15.8. The molecule has 0 aliphatic heterocycles. The zero-order valence-electron chi connectivity index (χ0n) is 23.6. The summed E-state index contributed by atoms with van der Waals surface area (Å²) in [5.41, 5.74) is 0.977. The average Bonchev–Trinajstić information content (AvgIpc) is 3.58. The van der Waals surface area contributed by atoms with E-state index in [0.29, 0.717) is 61.5 Å². The Morgan fingerprint density at radius 1 is 0.773 bits per heavy atom. The molecule has 4 heterocycles. The van der Waals surface area contributed by atoms with E-state index in [9.17, 15) is 9.59 Å². The molecule has 1 aromatic carbocycles. The van der Waals surface area contributed by atoms with Crippen LogP contribution in [0, 0.1) is 0 Å². The maximum atomic E-state index is 11.4. The lowest BCUT2D eigenvalue weighted by molar-refractivity contribution is -0.141. The molecule has 0 atom stereocenters. The molecule has 1 N–H and O–H groups in total. The average molecular weight is 717 g/mol. The van der Waals surface area contributed by atoms with Crippen molar-refractivity contribution in [2.24, 2.45) is 0 Å². The van der Waals surface area contributed by atoms with Gasteiger partial charge in [-0.05, 0) is 29.8 Å². The van der Waals surface area contributed by atoms with Crippen molar-refractivity contribution in [2.75, 3.05) is 26.6 Å². The summed E-state index contributed by atoms with van der Waals surface area (Å²) in [4.78, 5) is 41.4. The van der Waals surface area contributed by atoms with Gasteiger partial charge in [0.1, 0.15) is 38.0 Å². The van der Waals surface area contributed by atoms with Gasteiger partial charge in [0.05, 0.1) is 58.6 Å². The highest BCUT2D eigenvalue weighted by molar-refractivity contribution is 7.22. The number of anilines is 1. The van der Waals surface area contributed by atoms with E-state index in [2.05, 4.69) is 34.7 Å². The van der Waals surface area contributed by atoms with Gasteiger partial charge in [-0.25, -0.2) is 19.9 Å². The van der Waals surface area contributed by atoms with E-state index >= 15 is 0 Å². The highest BCUT2D eigenvalue weighted by Gasteiger charge is 2.14. The molecule has 0 saturated carbocycles. The summed E-state index contributed by atoms with van der Waals surface area (Å²) < 4.78 is 15.6. The summed E-state index contributed by atoms with van der Waals surface area (Å²) >= 11 is 26.9. The number of hydrogen-bond donors (Lipinski definition) is 1. The lowest BCUT2D eigenvalue weighted by atomic mass is 10.2. The van der Waals surface area contributed by atoms with Crippen LogP contribution in [0.25, 0.3) is 20.4 Å². The molecular weight excluding hydrogens is 692 g/mol. The summed E-state index contributed by atoms with van der Waals surface area (Å²) in [5, 5.41) is 5.79. The van der Waals surface area contributed by atoms with Crippen LogP contribution >= 0.6 is 69.1 Å². The predicted molar refractivity (Wildman–Crippen MR) is 176 cm³/mol. The molecule has 0 amide bonds. The molecule has 0 bridgehead atoms. The molecule has 5 aromatic rings. The number of halogens is 4. The number of aromatic nitrogens is 4. The fourth-order valence-corrected chi connectivity index (χ4v) is 6.62. The standard InChI is InChI=1S/C18H17Cl2N3O3S.C10H8Cl2N2O2S/c1-25-13-4-3-10(7-12(13)19)9-21-17-11-8-14(20)27-18(11)23-15(22-17)5-6-16(24)26-2;1-16-8(15)3-2-7-13-9(12)5-4-6(11)17-10(5)14-7/h3-4,7-8H,5-6,9H2,1-2H3,(H,21,22,23);4H,2-3H2,1H3. The van der Waals surface area contributed by atoms with Crippen molar-refractivity contribution in [3.63, 3.8) is 0 Å². The molecule has 232 valence electrons. The third kappa shape index (κ3) is 9.02. The van der Waals surface area contributed by atoms with Gasteiger partial charge in [-0.2, -0.15) is 0 Å². The topological polar surface area (TPSA) is 125 Å². The first-order valence-electron chi connectivity index (χ1n) is 12.9. The summed E-state index contributed by atoms with van der Waals surface area (Å²) in [6.45, 7) is 0.514. The number of esters is 2. The number of methoxy groups -OCH3 is 3. The number of carbonyl (C=O) groups is 2. The molecule has 0 aliphatic rings. The van der Waals surface area contributed by atoms with E-state index in [-0.39, 0.29) is 24.8 Å². The van der Waals surface area contributed by atoms with Crippen molar-refractivity contribution in [3.8, 4) is 5.75 Å². The fraction of sp³-hybridized carbons (Fsp3) is 0.286. The van der Waals surface area contributed by atoms with Crippen molar-refractivity contribution < 1.29 is 23.8 Å². The van der Waals surface area contributed by atoms with Gasteiger partial charge in [0.2, 0.25) is 0 Å². The number of benzene rings is 1. The molecule has 16 heteroatoms. The maximum Gasteiger partial charge on any atom is 0.305 e. The minimum atomic E-state index is -0.301. The number of fused-ring (bicyclic) bond motifs is 2. The van der Waals surface area contributed by atoms with Gasteiger partial charge < -0.3 is 19.5 Å². The van der Waals surface area contributed by atoms with Gasteiger partial charge in [0.15, 0.2) is 0 Å². The Labute approximate surface area is 280 Å². The van der Waals surface area contributed by atoms with E-state index in [1.54, 1.807) is 13.2 Å². The Bertz CT molecular complexity index is 1800. The fourth-order valence-electron chi connectivity index (χ4n) is 3.83. The Morgan fingerprint density at radius 3 is 1.91 bits per heavy atom. The first-order valence-corrected chi connectivity index (χ1v) is 16.0. The summed E-state index contributed by atoms with van der Waals surface area (Å²) in [6.07, 6.45) is 1.24. The lowest BCUT2D eigenvalue weighted by Gasteiger charge is -2.10. The number of aryl methyl sites for hydroxylation is 2. The minimum absolute atomic E-state index is 0.217. The van der Waals surface area contributed by atoms with Crippen LogP contribution in [0.2, 0.25) is 18.8 Å². The van der Waals surface area contributed by atoms with Crippen molar-refractivity contribution >= 4 is 107 Å². The van der Waals surface area contributed by atoms with E-state index in [4.69, 9.17) is 51.1 Å². The number of rotatable bonds is 10. The van der Waals surface area contributed by atoms with Crippen LogP contribution in [0.15, 0.2) is 30.3 Å². The van der Waals surface area contributed by atoms with Gasteiger partial charge >= 0.3 is 11.9 Å². The molecule has 5 rings (SSSR count). The monoisotopic (exact) mass is 715 g/mol. The smallest absolute Gasteiger partial charge is 0.305 e. The van der Waals surface area contributed by atoms with Crippen LogP contribution in [0.1, 0.15) is 30.1 Å². The van der Waals surface area contributed by atoms with Crippen LogP contribution in [0.3, 0.4) is 0 Å². The van der Waals surface area contributed by atoms with Crippen molar-refractivity contribution in [1.82, 2.24) is 19.9 Å². The third-order valence-electron chi connectivity index (χ3n) is 6.01. The van der Waals surface area contributed by atoms with Crippen LogP contribution < -0.4 is 10.1 Å². The van der Waals surface area contributed by atoms with E-state index in [0.717, 1.165) is 26.0 Å². The first-order chi connectivity index (χ1) is 21.1. The zero-order valence-corrected chi connectivity index (χ0v) is 28.2. The normalized spacial score (nSPS) is 10.8. The minimum Gasteiger partial charge on any atom is -0.495 e. The summed E-state index contributed by atoms with van der Waals surface area (Å²) in [5.74, 6) is 1.77. The zero-order chi connectivity index (χ0) is 31.8. The van der Waals surface area contributed by atoms with Gasteiger partial charge in [0.25, 0.3) is 0 Å². The number of nitrogens with zero attached hydrogens (tertiary/aromatic N) is 4. The van der Waals surface area contributed by atoms with Gasteiger partial charge in [-0.3, -0.25) is 9.59 Å². The molecule has 0 unspecified atom stereocenters. The highest BCUT2D eigenvalue weighted by Crippen LogP contribution is 2.33. The maximum absolute atomic E-state index is 11.4. The molecule has 0 radical (unpaired) electrons. The molecular formula is C28H25Cl4N5O5S2. The molecule has 0 spiro atoms. The summed E-state index contributed by atoms with van der Waals surface area (Å²) in [7, 11) is 4.28. The number of carbonyl (C=O) groups excluding carboxylic acids is 2. The van der Waals surface area contributed by atoms with Gasteiger partial charge in [-0.15, -0.1) is 22.7 Å². The third-order valence-corrected chi connectivity index (χ3v) is 8.91. The van der Waals surface area contributed by atoms with Crippen LogP contribution in [-0.4, -0.2) is 53.2 Å².